The van der Waals surface area contributed by atoms with Crippen LogP contribution in [0.25, 0.3) is 0 Å². The Labute approximate surface area is 173 Å². The molecule has 2 aromatic carbocycles. The van der Waals surface area contributed by atoms with Gasteiger partial charge in [-0.2, -0.15) is 0 Å². The minimum Gasteiger partial charge on any atom is -0.493 e. The summed E-state index contributed by atoms with van der Waals surface area (Å²) >= 11 is 0. The number of anilines is 1. The molecular weight excluding hydrogens is 362 g/mol. The molecule has 4 heteroatoms. The van der Waals surface area contributed by atoms with Crippen molar-refractivity contribution in [2.24, 2.45) is 5.92 Å². The van der Waals surface area contributed by atoms with E-state index in [2.05, 4.69) is 48.2 Å². The van der Waals surface area contributed by atoms with Gasteiger partial charge in [-0.25, -0.2) is 0 Å². The van der Waals surface area contributed by atoms with Gasteiger partial charge in [0.1, 0.15) is 23.4 Å². The SMILES string of the molecule is CC(=O)C[C@@H](C)c1ccc(O[C@H]2CCN(c3ccc(OCC4CC4)cc3)C2)cc1. The molecule has 2 aliphatic rings. The molecule has 29 heavy (non-hydrogen) atoms. The fourth-order valence-corrected chi connectivity index (χ4v) is 3.93. The summed E-state index contributed by atoms with van der Waals surface area (Å²) in [4.78, 5) is 13.7. The molecule has 0 aromatic heterocycles. The van der Waals surface area contributed by atoms with Gasteiger partial charge in [-0.1, -0.05) is 19.1 Å². The molecule has 1 aliphatic carbocycles. The van der Waals surface area contributed by atoms with Gasteiger partial charge in [0, 0.05) is 25.1 Å². The quantitative estimate of drug-likeness (QED) is 0.586. The van der Waals surface area contributed by atoms with Crippen LogP contribution in [0.15, 0.2) is 48.5 Å². The lowest BCUT2D eigenvalue weighted by Crippen LogP contribution is -2.24. The summed E-state index contributed by atoms with van der Waals surface area (Å²) in [6.07, 6.45) is 4.42. The average Bonchev–Trinajstić information content (AvgIpc) is 3.44. The van der Waals surface area contributed by atoms with E-state index in [1.165, 1.54) is 24.1 Å². The molecule has 1 saturated heterocycles. The molecule has 1 aliphatic heterocycles. The van der Waals surface area contributed by atoms with Crippen molar-refractivity contribution in [2.45, 2.75) is 51.6 Å². The number of Topliss-reactive ketones (excluding diaryl/α,β-unsaturated/α-hetero) is 1. The molecule has 0 amide bonds. The van der Waals surface area contributed by atoms with Crippen molar-refractivity contribution in [1.29, 1.82) is 0 Å². The van der Waals surface area contributed by atoms with Crippen molar-refractivity contribution in [3.63, 3.8) is 0 Å². The number of ketones is 1. The fraction of sp³-hybridized carbons (Fsp3) is 0.480. The average molecular weight is 394 g/mol. The topological polar surface area (TPSA) is 38.8 Å². The van der Waals surface area contributed by atoms with Crippen LogP contribution in [0.3, 0.4) is 0 Å². The maximum Gasteiger partial charge on any atom is 0.130 e. The van der Waals surface area contributed by atoms with Gasteiger partial charge in [0.15, 0.2) is 0 Å². The Hall–Kier alpha value is -2.49. The van der Waals surface area contributed by atoms with Crippen LogP contribution >= 0.6 is 0 Å². The molecule has 1 saturated carbocycles. The maximum atomic E-state index is 11.3. The van der Waals surface area contributed by atoms with Gasteiger partial charge in [-0.15, -0.1) is 0 Å². The number of carbonyl (C=O) groups is 1. The van der Waals surface area contributed by atoms with Gasteiger partial charge in [-0.05, 0) is 73.6 Å². The standard InChI is InChI=1S/C25H31NO3/c1-18(15-19(2)27)21-5-9-24(10-6-21)29-25-13-14-26(16-25)22-7-11-23(12-8-22)28-17-20-3-4-20/h5-12,18,20,25H,3-4,13-17H2,1-2H3/t18-,25+/m1/s1. The second-order valence-electron chi connectivity index (χ2n) is 8.60. The van der Waals surface area contributed by atoms with E-state index < -0.39 is 0 Å². The number of hydrogen-bond acceptors (Lipinski definition) is 4. The van der Waals surface area contributed by atoms with E-state index in [0.717, 1.165) is 43.5 Å². The predicted octanol–water partition coefficient (Wildman–Crippen LogP) is 5.22. The number of nitrogens with zero attached hydrogens (tertiary/aromatic N) is 1. The summed E-state index contributed by atoms with van der Waals surface area (Å²) in [6.45, 7) is 6.49. The minimum atomic E-state index is 0.196. The Morgan fingerprint density at radius 3 is 2.38 bits per heavy atom. The largest absolute Gasteiger partial charge is 0.493 e. The van der Waals surface area contributed by atoms with Crippen LogP contribution in [0.1, 0.15) is 51.0 Å². The Bertz CT molecular complexity index is 811. The zero-order valence-electron chi connectivity index (χ0n) is 17.5. The van der Waals surface area contributed by atoms with Gasteiger partial charge < -0.3 is 19.2 Å². The Balaban J connectivity index is 1.27. The Morgan fingerprint density at radius 2 is 1.72 bits per heavy atom. The highest BCUT2D eigenvalue weighted by molar-refractivity contribution is 5.76. The van der Waals surface area contributed by atoms with Gasteiger partial charge in [-0.3, -0.25) is 0 Å². The fourth-order valence-electron chi connectivity index (χ4n) is 3.93. The van der Waals surface area contributed by atoms with Crippen LogP contribution in [-0.4, -0.2) is 31.6 Å². The molecule has 4 rings (SSSR count). The molecule has 154 valence electrons. The summed E-state index contributed by atoms with van der Waals surface area (Å²) < 4.78 is 12.0. The normalized spacial score (nSPS) is 19.8. The van der Waals surface area contributed by atoms with E-state index in [0.29, 0.717) is 6.42 Å². The smallest absolute Gasteiger partial charge is 0.130 e. The van der Waals surface area contributed by atoms with E-state index in [1.807, 2.05) is 12.1 Å². The first-order valence-electron chi connectivity index (χ1n) is 10.8. The molecular formula is C25H31NO3. The van der Waals surface area contributed by atoms with Gasteiger partial charge in [0.2, 0.25) is 0 Å². The Kier molecular flexibility index (Phi) is 6.08. The zero-order valence-corrected chi connectivity index (χ0v) is 17.5. The molecule has 1 heterocycles. The predicted molar refractivity (Wildman–Crippen MR) is 116 cm³/mol. The van der Waals surface area contributed by atoms with Crippen molar-refractivity contribution in [3.8, 4) is 11.5 Å². The number of rotatable bonds is 9. The first-order valence-corrected chi connectivity index (χ1v) is 10.8. The van der Waals surface area contributed by atoms with Crippen LogP contribution < -0.4 is 14.4 Å². The van der Waals surface area contributed by atoms with Crippen LogP contribution in [0.4, 0.5) is 5.69 Å². The highest BCUT2D eigenvalue weighted by Gasteiger charge is 2.25. The molecule has 0 unspecified atom stereocenters. The van der Waals surface area contributed by atoms with Crippen LogP contribution in [-0.2, 0) is 4.79 Å². The third-order valence-electron chi connectivity index (χ3n) is 5.88. The van der Waals surface area contributed by atoms with Crippen LogP contribution in [0.2, 0.25) is 0 Å². The molecule has 0 spiro atoms. The summed E-state index contributed by atoms with van der Waals surface area (Å²) in [7, 11) is 0. The van der Waals surface area contributed by atoms with E-state index in [1.54, 1.807) is 6.92 Å². The summed E-state index contributed by atoms with van der Waals surface area (Å²) in [5, 5.41) is 0. The van der Waals surface area contributed by atoms with Crippen molar-refractivity contribution in [3.05, 3.63) is 54.1 Å². The van der Waals surface area contributed by atoms with Crippen molar-refractivity contribution in [1.82, 2.24) is 0 Å². The van der Waals surface area contributed by atoms with E-state index in [9.17, 15) is 4.79 Å². The van der Waals surface area contributed by atoms with Gasteiger partial charge >= 0.3 is 0 Å². The van der Waals surface area contributed by atoms with Crippen LogP contribution in [0, 0.1) is 5.92 Å². The highest BCUT2D eigenvalue weighted by atomic mass is 16.5. The van der Waals surface area contributed by atoms with Gasteiger partial charge in [0.25, 0.3) is 0 Å². The molecule has 0 bridgehead atoms. The van der Waals surface area contributed by atoms with Crippen molar-refractivity contribution < 1.29 is 14.3 Å². The number of carbonyl (C=O) groups excluding carboxylic acids is 1. The van der Waals surface area contributed by atoms with E-state index in [-0.39, 0.29) is 17.8 Å². The Morgan fingerprint density at radius 1 is 1.03 bits per heavy atom. The zero-order chi connectivity index (χ0) is 20.2. The summed E-state index contributed by atoms with van der Waals surface area (Å²) in [5.74, 6) is 3.12. The first-order chi connectivity index (χ1) is 14.1. The summed E-state index contributed by atoms with van der Waals surface area (Å²) in [6, 6.07) is 16.7. The third-order valence-corrected chi connectivity index (χ3v) is 5.88. The molecule has 0 N–H and O–H groups in total. The third kappa shape index (κ3) is 5.53. The minimum absolute atomic E-state index is 0.196. The van der Waals surface area contributed by atoms with Crippen molar-refractivity contribution in [2.75, 3.05) is 24.6 Å². The molecule has 2 aromatic rings. The lowest BCUT2D eigenvalue weighted by molar-refractivity contribution is -0.117. The monoisotopic (exact) mass is 393 g/mol. The number of ether oxygens (including phenoxy) is 2. The number of hydrogen-bond donors (Lipinski definition) is 0. The highest BCUT2D eigenvalue weighted by Crippen LogP contribution is 2.31. The molecule has 0 radical (unpaired) electrons. The second kappa shape index (κ2) is 8.89. The summed E-state index contributed by atoms with van der Waals surface area (Å²) in [5.41, 5.74) is 2.41. The lowest BCUT2D eigenvalue weighted by Gasteiger charge is -2.20. The second-order valence-corrected chi connectivity index (χ2v) is 8.60. The first kappa shape index (κ1) is 19.8. The van der Waals surface area contributed by atoms with E-state index >= 15 is 0 Å². The van der Waals surface area contributed by atoms with E-state index in [4.69, 9.17) is 9.47 Å². The maximum absolute atomic E-state index is 11.3. The molecule has 4 nitrogen and oxygen atoms in total. The van der Waals surface area contributed by atoms with Gasteiger partial charge in [0.05, 0.1) is 13.2 Å². The van der Waals surface area contributed by atoms with Crippen molar-refractivity contribution >= 4 is 11.5 Å². The molecule has 2 atom stereocenters. The number of benzene rings is 2. The van der Waals surface area contributed by atoms with Crippen LogP contribution in [0.5, 0.6) is 11.5 Å². The molecule has 2 fully saturated rings. The lowest BCUT2D eigenvalue weighted by atomic mass is 9.96.